The van der Waals surface area contributed by atoms with E-state index in [-0.39, 0.29) is 13.2 Å². The summed E-state index contributed by atoms with van der Waals surface area (Å²) in [5.74, 6) is -0.439. The van der Waals surface area contributed by atoms with Crippen LogP contribution in [0.4, 0.5) is 4.79 Å². The third-order valence-corrected chi connectivity index (χ3v) is 7.25. The van der Waals surface area contributed by atoms with Crippen LogP contribution in [0.15, 0.2) is 146 Å². The number of alkyl carbamates (subject to hydrolysis) is 1. The molecule has 0 saturated carbocycles. The number of ether oxygens (including phenoxy) is 3. The Balaban J connectivity index is 1.50. The first kappa shape index (κ1) is 29.3. The van der Waals surface area contributed by atoms with Crippen LogP contribution in [-0.2, 0) is 26.4 Å². The average molecular weight is 572 g/mol. The Hall–Kier alpha value is -5.20. The topological polar surface area (TPSA) is 73.9 Å². The van der Waals surface area contributed by atoms with Crippen molar-refractivity contribution in [2.75, 3.05) is 13.7 Å². The van der Waals surface area contributed by atoms with Gasteiger partial charge in [0.15, 0.2) is 0 Å². The Morgan fingerprint density at radius 1 is 0.651 bits per heavy atom. The molecule has 1 amide bonds. The minimum atomic E-state index is -0.983. The number of benzene rings is 5. The van der Waals surface area contributed by atoms with E-state index in [9.17, 15) is 9.59 Å². The smallest absolute Gasteiger partial charge is 0.408 e. The molecule has 0 spiro atoms. The zero-order valence-electron chi connectivity index (χ0n) is 23.9. The molecule has 0 bridgehead atoms. The summed E-state index contributed by atoms with van der Waals surface area (Å²) >= 11 is 0. The van der Waals surface area contributed by atoms with Crippen LogP contribution >= 0.6 is 0 Å². The van der Waals surface area contributed by atoms with Crippen LogP contribution < -0.4 is 5.32 Å². The number of amides is 1. The second-order valence-electron chi connectivity index (χ2n) is 9.96. The third kappa shape index (κ3) is 7.00. The fraction of sp³-hybridized carbons (Fsp3) is 0.135. The largest absolute Gasteiger partial charge is 0.465 e. The highest BCUT2D eigenvalue weighted by Gasteiger charge is 2.38. The molecule has 43 heavy (non-hydrogen) atoms. The van der Waals surface area contributed by atoms with Gasteiger partial charge in [0.25, 0.3) is 0 Å². The first-order valence-electron chi connectivity index (χ1n) is 14.1. The van der Waals surface area contributed by atoms with Gasteiger partial charge in [0.1, 0.15) is 12.2 Å². The van der Waals surface area contributed by atoms with Crippen molar-refractivity contribution in [3.8, 4) is 0 Å². The lowest BCUT2D eigenvalue weighted by Crippen LogP contribution is -2.38. The van der Waals surface area contributed by atoms with Crippen molar-refractivity contribution in [1.82, 2.24) is 5.32 Å². The van der Waals surface area contributed by atoms with Crippen LogP contribution in [0.3, 0.4) is 0 Å². The minimum absolute atomic E-state index is 0.0939. The lowest BCUT2D eigenvalue weighted by atomic mass is 9.80. The number of rotatable bonds is 11. The molecule has 0 aliphatic carbocycles. The molecule has 0 saturated heterocycles. The molecule has 0 aliphatic heterocycles. The summed E-state index contributed by atoms with van der Waals surface area (Å²) in [7, 11) is 1.34. The Labute approximate surface area is 251 Å². The predicted octanol–water partition coefficient (Wildman–Crippen LogP) is 7.45. The van der Waals surface area contributed by atoms with E-state index in [0.717, 1.165) is 27.8 Å². The van der Waals surface area contributed by atoms with E-state index >= 15 is 0 Å². The zero-order valence-corrected chi connectivity index (χ0v) is 23.9. The highest BCUT2D eigenvalue weighted by atomic mass is 16.5. The molecule has 0 heterocycles. The lowest BCUT2D eigenvalue weighted by molar-refractivity contribution is -0.000799. The quantitative estimate of drug-likeness (QED) is 0.132. The van der Waals surface area contributed by atoms with Crippen molar-refractivity contribution in [1.29, 1.82) is 0 Å². The first-order valence-corrected chi connectivity index (χ1v) is 14.1. The fourth-order valence-electron chi connectivity index (χ4n) is 5.07. The summed E-state index contributed by atoms with van der Waals surface area (Å²) in [5.41, 5.74) is 3.88. The van der Waals surface area contributed by atoms with Crippen molar-refractivity contribution in [2.45, 2.75) is 18.2 Å². The first-order chi connectivity index (χ1) is 21.1. The molecule has 1 atom stereocenters. The van der Waals surface area contributed by atoms with Crippen LogP contribution in [-0.4, -0.2) is 25.8 Å². The van der Waals surface area contributed by atoms with Gasteiger partial charge in [0, 0.05) is 0 Å². The second-order valence-corrected chi connectivity index (χ2v) is 9.96. The van der Waals surface area contributed by atoms with Crippen molar-refractivity contribution < 1.29 is 23.8 Å². The predicted molar refractivity (Wildman–Crippen MR) is 165 cm³/mol. The molecule has 0 aliphatic rings. The summed E-state index contributed by atoms with van der Waals surface area (Å²) in [6, 6.07) is 45.9. The van der Waals surface area contributed by atoms with Gasteiger partial charge in [-0.1, -0.05) is 133 Å². The zero-order chi connectivity index (χ0) is 29.9. The van der Waals surface area contributed by atoms with E-state index < -0.39 is 23.7 Å². The summed E-state index contributed by atoms with van der Waals surface area (Å²) < 4.78 is 17.4. The van der Waals surface area contributed by atoms with Crippen molar-refractivity contribution in [3.05, 3.63) is 179 Å². The maximum Gasteiger partial charge on any atom is 0.408 e. The second kappa shape index (κ2) is 14.1. The van der Waals surface area contributed by atoms with E-state index in [1.807, 2.05) is 121 Å². The van der Waals surface area contributed by atoms with E-state index in [1.165, 1.54) is 7.11 Å². The molecular formula is C37H33NO5. The maximum atomic E-state index is 13.1. The minimum Gasteiger partial charge on any atom is -0.465 e. The number of nitrogens with one attached hydrogen (secondary N) is 1. The fourth-order valence-corrected chi connectivity index (χ4v) is 5.07. The van der Waals surface area contributed by atoms with Gasteiger partial charge in [-0.15, -0.1) is 0 Å². The van der Waals surface area contributed by atoms with E-state index in [4.69, 9.17) is 14.2 Å². The highest BCUT2D eigenvalue weighted by molar-refractivity contribution is 5.89. The van der Waals surface area contributed by atoms with Gasteiger partial charge in [-0.05, 0) is 39.9 Å². The van der Waals surface area contributed by atoms with Crippen LogP contribution in [0.1, 0.15) is 44.2 Å². The van der Waals surface area contributed by atoms with Crippen LogP contribution in [0.5, 0.6) is 0 Å². The Kier molecular flexibility index (Phi) is 9.62. The van der Waals surface area contributed by atoms with Gasteiger partial charge in [0.05, 0.1) is 25.3 Å². The molecule has 5 aromatic rings. The maximum absolute atomic E-state index is 13.1. The van der Waals surface area contributed by atoms with Crippen LogP contribution in [0.2, 0.25) is 0 Å². The molecule has 1 unspecified atom stereocenters. The number of esters is 1. The normalized spacial score (nSPS) is 11.7. The van der Waals surface area contributed by atoms with E-state index in [1.54, 1.807) is 24.3 Å². The van der Waals surface area contributed by atoms with Crippen LogP contribution in [0, 0.1) is 0 Å². The molecule has 5 aromatic carbocycles. The number of carbonyl (C=O) groups excluding carboxylic acids is 2. The lowest BCUT2D eigenvalue weighted by Gasteiger charge is -2.37. The van der Waals surface area contributed by atoms with Gasteiger partial charge in [-0.2, -0.15) is 0 Å². The number of hydrogen-bond acceptors (Lipinski definition) is 5. The number of hydrogen-bond donors (Lipinski definition) is 1. The molecule has 6 nitrogen and oxygen atoms in total. The molecule has 5 rings (SSSR count). The Morgan fingerprint density at radius 3 is 1.58 bits per heavy atom. The Bertz CT molecular complexity index is 1490. The molecule has 6 heteroatoms. The average Bonchev–Trinajstić information content (AvgIpc) is 3.08. The van der Waals surface area contributed by atoms with Crippen molar-refractivity contribution in [3.63, 3.8) is 0 Å². The summed E-state index contributed by atoms with van der Waals surface area (Å²) in [6.45, 7) is 0.222. The summed E-state index contributed by atoms with van der Waals surface area (Å²) in [5, 5.41) is 2.99. The van der Waals surface area contributed by atoms with Gasteiger partial charge < -0.3 is 19.5 Å². The molecule has 216 valence electrons. The van der Waals surface area contributed by atoms with Gasteiger partial charge >= 0.3 is 12.1 Å². The van der Waals surface area contributed by atoms with Gasteiger partial charge in [0.2, 0.25) is 0 Å². The molecule has 0 aromatic heterocycles. The molecule has 0 fully saturated rings. The highest BCUT2D eigenvalue weighted by Crippen LogP contribution is 2.41. The molecule has 0 radical (unpaired) electrons. The van der Waals surface area contributed by atoms with E-state index in [0.29, 0.717) is 5.56 Å². The standard InChI is InChI=1S/C37H33NO5/c1-41-35(39)30-24-22-29(23-25-30)34(38-36(40)42-26-28-14-6-2-7-15-28)27-43-37(31-16-8-3-9-17-31,32-18-10-4-11-19-32)33-20-12-5-13-21-33/h2-25,34H,26-27H2,1H3,(H,38,40). The van der Waals surface area contributed by atoms with Crippen LogP contribution in [0.25, 0.3) is 0 Å². The van der Waals surface area contributed by atoms with Gasteiger partial charge in [-0.25, -0.2) is 9.59 Å². The summed E-state index contributed by atoms with van der Waals surface area (Å²) in [6.07, 6.45) is -0.584. The molecule has 1 N–H and O–H groups in total. The monoisotopic (exact) mass is 571 g/mol. The van der Waals surface area contributed by atoms with E-state index in [2.05, 4.69) is 5.32 Å². The van der Waals surface area contributed by atoms with Crippen molar-refractivity contribution >= 4 is 12.1 Å². The summed E-state index contributed by atoms with van der Waals surface area (Å²) in [4.78, 5) is 25.2. The van der Waals surface area contributed by atoms with Gasteiger partial charge in [-0.3, -0.25) is 0 Å². The molecular weight excluding hydrogens is 538 g/mol. The third-order valence-electron chi connectivity index (χ3n) is 7.25. The number of methoxy groups -OCH3 is 1. The SMILES string of the molecule is COC(=O)c1ccc(C(COC(c2ccccc2)(c2ccccc2)c2ccccc2)NC(=O)OCc2ccccc2)cc1. The number of carbonyl (C=O) groups is 2. The van der Waals surface area contributed by atoms with Crippen molar-refractivity contribution in [2.24, 2.45) is 0 Å². The Morgan fingerprint density at radius 2 is 1.12 bits per heavy atom.